The lowest BCUT2D eigenvalue weighted by Gasteiger charge is -2.09. The zero-order valence-corrected chi connectivity index (χ0v) is 13.9. The Kier molecular flexibility index (Phi) is 4.18. The number of amides is 2. The molecule has 0 saturated heterocycles. The van der Waals surface area contributed by atoms with Crippen LogP contribution in [0.25, 0.3) is 5.82 Å². The fourth-order valence-corrected chi connectivity index (χ4v) is 2.54. The summed E-state index contributed by atoms with van der Waals surface area (Å²) in [5.74, 6) is 0.588. The van der Waals surface area contributed by atoms with Gasteiger partial charge in [0.15, 0.2) is 0 Å². The van der Waals surface area contributed by atoms with Crippen molar-refractivity contribution in [2.45, 2.75) is 12.8 Å². The number of carbonyl (C=O) groups is 2. The summed E-state index contributed by atoms with van der Waals surface area (Å²) in [6.07, 6.45) is 8.50. The standard InChI is InChI=1S/C19H17N5O2/c25-18(13-4-5-13)22-15-2-1-3-16(10-15)23-19(26)14-6-7-17(21-11-14)24-9-8-20-12-24/h1-3,6-13H,4-5H2,(H,22,25)(H,23,26). The molecule has 1 saturated carbocycles. The van der Waals surface area contributed by atoms with Gasteiger partial charge in [-0.1, -0.05) is 6.07 Å². The molecule has 2 aromatic heterocycles. The second-order valence-corrected chi connectivity index (χ2v) is 6.17. The van der Waals surface area contributed by atoms with E-state index in [1.54, 1.807) is 59.7 Å². The fraction of sp³-hybridized carbons (Fsp3) is 0.158. The lowest BCUT2D eigenvalue weighted by Crippen LogP contribution is -2.15. The van der Waals surface area contributed by atoms with E-state index in [1.165, 1.54) is 6.20 Å². The van der Waals surface area contributed by atoms with E-state index in [9.17, 15) is 9.59 Å². The van der Waals surface area contributed by atoms with Crippen LogP contribution >= 0.6 is 0 Å². The Morgan fingerprint density at radius 3 is 2.54 bits per heavy atom. The van der Waals surface area contributed by atoms with Crippen molar-refractivity contribution in [3.63, 3.8) is 0 Å². The third kappa shape index (κ3) is 3.61. The Labute approximate surface area is 150 Å². The van der Waals surface area contributed by atoms with E-state index in [4.69, 9.17) is 0 Å². The third-order valence-corrected chi connectivity index (χ3v) is 4.12. The predicted molar refractivity (Wildman–Crippen MR) is 97.1 cm³/mol. The molecule has 1 aromatic carbocycles. The highest BCUT2D eigenvalue weighted by Crippen LogP contribution is 2.30. The van der Waals surface area contributed by atoms with Gasteiger partial charge in [-0.2, -0.15) is 0 Å². The molecular formula is C19H17N5O2. The van der Waals surface area contributed by atoms with Gasteiger partial charge < -0.3 is 10.6 Å². The number of nitrogens with zero attached hydrogens (tertiary/aromatic N) is 3. The minimum atomic E-state index is -0.264. The number of imidazole rings is 1. The molecule has 1 fully saturated rings. The number of benzene rings is 1. The number of rotatable bonds is 5. The van der Waals surface area contributed by atoms with Gasteiger partial charge >= 0.3 is 0 Å². The van der Waals surface area contributed by atoms with E-state index in [-0.39, 0.29) is 17.7 Å². The van der Waals surface area contributed by atoms with Crippen molar-refractivity contribution in [1.29, 1.82) is 0 Å². The van der Waals surface area contributed by atoms with Crippen LogP contribution in [-0.2, 0) is 4.79 Å². The predicted octanol–water partition coefficient (Wildman–Crippen LogP) is 2.87. The SMILES string of the molecule is O=C(Nc1cccc(NC(=O)C2CC2)c1)c1ccc(-n2ccnc2)nc1. The minimum Gasteiger partial charge on any atom is -0.326 e. The van der Waals surface area contributed by atoms with Gasteiger partial charge in [0.25, 0.3) is 5.91 Å². The number of nitrogens with one attached hydrogen (secondary N) is 2. The quantitative estimate of drug-likeness (QED) is 0.743. The van der Waals surface area contributed by atoms with Crippen molar-refractivity contribution in [3.8, 4) is 5.82 Å². The molecule has 0 spiro atoms. The number of aromatic nitrogens is 3. The highest BCUT2D eigenvalue weighted by Gasteiger charge is 2.29. The molecule has 0 radical (unpaired) electrons. The molecule has 2 heterocycles. The molecule has 0 atom stereocenters. The maximum atomic E-state index is 12.4. The summed E-state index contributed by atoms with van der Waals surface area (Å²) in [6, 6.07) is 10.6. The number of carbonyl (C=O) groups excluding carboxylic acids is 2. The van der Waals surface area contributed by atoms with Gasteiger partial charge in [-0.25, -0.2) is 9.97 Å². The van der Waals surface area contributed by atoms with Crippen molar-refractivity contribution in [2.75, 3.05) is 10.6 Å². The Morgan fingerprint density at radius 2 is 1.88 bits per heavy atom. The third-order valence-electron chi connectivity index (χ3n) is 4.12. The summed E-state index contributed by atoms with van der Waals surface area (Å²) < 4.78 is 1.76. The van der Waals surface area contributed by atoms with Crippen LogP contribution in [0.4, 0.5) is 11.4 Å². The molecular weight excluding hydrogens is 330 g/mol. The monoisotopic (exact) mass is 347 g/mol. The second kappa shape index (κ2) is 6.79. The van der Waals surface area contributed by atoms with Crippen molar-refractivity contribution in [2.24, 2.45) is 5.92 Å². The topological polar surface area (TPSA) is 88.9 Å². The van der Waals surface area contributed by atoms with Gasteiger partial charge in [-0.15, -0.1) is 0 Å². The van der Waals surface area contributed by atoms with E-state index >= 15 is 0 Å². The van der Waals surface area contributed by atoms with Gasteiger partial charge in [-0.3, -0.25) is 14.2 Å². The van der Waals surface area contributed by atoms with E-state index in [0.717, 1.165) is 12.8 Å². The number of pyridine rings is 1. The first-order valence-corrected chi connectivity index (χ1v) is 8.36. The Balaban J connectivity index is 1.43. The summed E-state index contributed by atoms with van der Waals surface area (Å²) >= 11 is 0. The molecule has 7 heteroatoms. The van der Waals surface area contributed by atoms with Crippen molar-refractivity contribution in [1.82, 2.24) is 14.5 Å². The lowest BCUT2D eigenvalue weighted by molar-refractivity contribution is -0.117. The Morgan fingerprint density at radius 1 is 1.08 bits per heavy atom. The smallest absolute Gasteiger partial charge is 0.257 e. The van der Waals surface area contributed by atoms with Crippen LogP contribution in [0.2, 0.25) is 0 Å². The van der Waals surface area contributed by atoms with Crippen LogP contribution in [0.1, 0.15) is 23.2 Å². The normalized spacial score (nSPS) is 13.2. The van der Waals surface area contributed by atoms with Crippen LogP contribution in [0.3, 0.4) is 0 Å². The zero-order chi connectivity index (χ0) is 17.9. The van der Waals surface area contributed by atoms with Crippen LogP contribution in [0, 0.1) is 5.92 Å². The van der Waals surface area contributed by atoms with Crippen LogP contribution in [0.5, 0.6) is 0 Å². The maximum Gasteiger partial charge on any atom is 0.257 e. The van der Waals surface area contributed by atoms with Crippen LogP contribution in [-0.4, -0.2) is 26.3 Å². The van der Waals surface area contributed by atoms with Crippen LogP contribution in [0.15, 0.2) is 61.3 Å². The Hall–Kier alpha value is -3.48. The van der Waals surface area contributed by atoms with Crippen LogP contribution < -0.4 is 10.6 Å². The van der Waals surface area contributed by atoms with E-state index < -0.39 is 0 Å². The van der Waals surface area contributed by atoms with Gasteiger partial charge in [0.2, 0.25) is 5.91 Å². The average Bonchev–Trinajstić information content (AvgIpc) is 3.37. The van der Waals surface area contributed by atoms with Crippen molar-refractivity contribution >= 4 is 23.2 Å². The van der Waals surface area contributed by atoms with E-state index in [0.29, 0.717) is 22.8 Å². The molecule has 1 aliphatic carbocycles. The molecule has 7 nitrogen and oxygen atoms in total. The summed E-state index contributed by atoms with van der Waals surface area (Å²) in [4.78, 5) is 32.5. The summed E-state index contributed by atoms with van der Waals surface area (Å²) in [7, 11) is 0. The molecule has 1 aliphatic rings. The van der Waals surface area contributed by atoms with Gasteiger partial charge in [0, 0.05) is 35.9 Å². The fourth-order valence-electron chi connectivity index (χ4n) is 2.54. The molecule has 2 amide bonds. The number of hydrogen-bond donors (Lipinski definition) is 2. The summed E-state index contributed by atoms with van der Waals surface area (Å²) in [5, 5.41) is 5.69. The van der Waals surface area contributed by atoms with Gasteiger partial charge in [-0.05, 0) is 43.2 Å². The first kappa shape index (κ1) is 16.0. The zero-order valence-electron chi connectivity index (χ0n) is 13.9. The van der Waals surface area contributed by atoms with Gasteiger partial charge in [0.1, 0.15) is 12.1 Å². The molecule has 3 aromatic rings. The highest BCUT2D eigenvalue weighted by molar-refractivity contribution is 6.04. The van der Waals surface area contributed by atoms with E-state index in [1.807, 2.05) is 0 Å². The highest BCUT2D eigenvalue weighted by atomic mass is 16.2. The summed E-state index contributed by atoms with van der Waals surface area (Å²) in [5.41, 5.74) is 1.73. The molecule has 130 valence electrons. The number of hydrogen-bond acceptors (Lipinski definition) is 4. The maximum absolute atomic E-state index is 12.4. The molecule has 0 unspecified atom stereocenters. The molecule has 26 heavy (non-hydrogen) atoms. The number of anilines is 2. The Bertz CT molecular complexity index is 931. The molecule has 4 rings (SSSR count). The van der Waals surface area contributed by atoms with Crippen molar-refractivity contribution in [3.05, 3.63) is 66.9 Å². The first-order chi connectivity index (χ1) is 12.7. The molecule has 0 bridgehead atoms. The minimum absolute atomic E-state index is 0.0350. The first-order valence-electron chi connectivity index (χ1n) is 8.36. The van der Waals surface area contributed by atoms with Gasteiger partial charge in [0.05, 0.1) is 5.56 Å². The molecule has 0 aliphatic heterocycles. The summed E-state index contributed by atoms with van der Waals surface area (Å²) in [6.45, 7) is 0. The van der Waals surface area contributed by atoms with E-state index in [2.05, 4.69) is 20.6 Å². The molecule has 2 N–H and O–H groups in total. The second-order valence-electron chi connectivity index (χ2n) is 6.17. The van der Waals surface area contributed by atoms with Crippen molar-refractivity contribution < 1.29 is 9.59 Å². The lowest BCUT2D eigenvalue weighted by atomic mass is 10.2. The largest absolute Gasteiger partial charge is 0.326 e. The average molecular weight is 347 g/mol.